The molecule has 2 atom stereocenters. The number of amides is 2. The highest BCUT2D eigenvalue weighted by atomic mass is 16.5. The lowest BCUT2D eigenvalue weighted by Gasteiger charge is -2.41. The number of carbonyl (C=O) groups excluding carboxylic acids is 2. The van der Waals surface area contributed by atoms with Crippen molar-refractivity contribution in [2.75, 3.05) is 13.6 Å². The molecule has 0 radical (unpaired) electrons. The second-order valence-electron chi connectivity index (χ2n) is 9.41. The summed E-state index contributed by atoms with van der Waals surface area (Å²) in [6.45, 7) is 3.82. The molecule has 2 heterocycles. The van der Waals surface area contributed by atoms with Gasteiger partial charge in [0.2, 0.25) is 12.1 Å². The fourth-order valence-electron chi connectivity index (χ4n) is 4.88. The number of amidine groups is 1. The fraction of sp³-hybridized carbons (Fsp3) is 0.250. The van der Waals surface area contributed by atoms with E-state index in [0.717, 1.165) is 0 Å². The van der Waals surface area contributed by atoms with Gasteiger partial charge in [0.15, 0.2) is 0 Å². The molecule has 8 heteroatoms. The average molecular weight is 487 g/mol. The normalized spacial score (nSPS) is 20.9. The predicted molar refractivity (Wildman–Crippen MR) is 137 cm³/mol. The van der Waals surface area contributed by atoms with Gasteiger partial charge in [-0.25, -0.2) is 4.48 Å². The third-order valence-electron chi connectivity index (χ3n) is 6.76. The Morgan fingerprint density at radius 1 is 1.00 bits per heavy atom. The highest BCUT2D eigenvalue weighted by Gasteiger charge is 2.46. The van der Waals surface area contributed by atoms with Crippen LogP contribution in [0.25, 0.3) is 0 Å². The number of imide groups is 1. The fourth-order valence-corrected chi connectivity index (χ4v) is 4.88. The Morgan fingerprint density at radius 3 is 2.44 bits per heavy atom. The number of benzene rings is 3. The summed E-state index contributed by atoms with van der Waals surface area (Å²) in [5, 5.41) is 21.3. The number of ether oxygens (including phenoxy) is 1. The molecule has 2 N–H and O–H groups in total. The first-order valence-electron chi connectivity index (χ1n) is 11.9. The van der Waals surface area contributed by atoms with Crippen molar-refractivity contribution < 1.29 is 24.5 Å². The highest BCUT2D eigenvalue weighted by molar-refractivity contribution is 6.22. The summed E-state index contributed by atoms with van der Waals surface area (Å²) in [5.41, 5.74) is 2.63. The van der Waals surface area contributed by atoms with Gasteiger partial charge in [0.25, 0.3) is 11.8 Å². The summed E-state index contributed by atoms with van der Waals surface area (Å²) in [5.74, 6) is 0.318. The molecule has 3 aromatic rings. The van der Waals surface area contributed by atoms with E-state index >= 15 is 0 Å². The van der Waals surface area contributed by atoms with Crippen LogP contribution in [0.4, 0.5) is 11.4 Å². The van der Waals surface area contributed by atoms with Crippen LogP contribution in [-0.4, -0.2) is 52.5 Å². The van der Waals surface area contributed by atoms with Crippen LogP contribution in [0.1, 0.15) is 52.8 Å². The van der Waals surface area contributed by atoms with Gasteiger partial charge >= 0.3 is 0 Å². The summed E-state index contributed by atoms with van der Waals surface area (Å²) < 4.78 is 5.72. The number of phenols is 1. The first-order chi connectivity index (χ1) is 17.2. The van der Waals surface area contributed by atoms with Crippen molar-refractivity contribution in [2.45, 2.75) is 32.6 Å². The average Bonchev–Trinajstić information content (AvgIpc) is 3.10. The maximum atomic E-state index is 13.3. The van der Waals surface area contributed by atoms with Crippen LogP contribution >= 0.6 is 0 Å². The van der Waals surface area contributed by atoms with Crippen molar-refractivity contribution in [2.24, 2.45) is 4.99 Å². The molecule has 0 aliphatic carbocycles. The minimum Gasteiger partial charge on any atom is -0.508 e. The second-order valence-corrected chi connectivity index (χ2v) is 9.41. The number of aromatic hydroxyl groups is 1. The number of hydrogen-bond donors (Lipinski definition) is 2. The minimum absolute atomic E-state index is 0.0673. The number of phenolic OH excluding ortho intramolecular Hbond substituents is 1. The molecule has 0 spiro atoms. The van der Waals surface area contributed by atoms with Crippen LogP contribution in [0.5, 0.6) is 11.5 Å². The van der Waals surface area contributed by atoms with Gasteiger partial charge in [0.1, 0.15) is 17.2 Å². The van der Waals surface area contributed by atoms with Crippen molar-refractivity contribution >= 4 is 29.0 Å². The topological polar surface area (TPSA) is 99.4 Å². The first kappa shape index (κ1) is 23.7. The Hall–Kier alpha value is -4.01. The lowest BCUT2D eigenvalue weighted by molar-refractivity contribution is 0.0631. The van der Waals surface area contributed by atoms with Gasteiger partial charge in [-0.3, -0.25) is 14.5 Å². The molecule has 2 unspecified atom stereocenters. The summed E-state index contributed by atoms with van der Waals surface area (Å²) in [6.07, 6.45) is -0.865. The molecular weight excluding hydrogens is 458 g/mol. The van der Waals surface area contributed by atoms with Crippen LogP contribution in [0, 0.1) is 0 Å². The van der Waals surface area contributed by atoms with Gasteiger partial charge in [0.05, 0.1) is 42.0 Å². The Morgan fingerprint density at radius 2 is 1.72 bits per heavy atom. The van der Waals surface area contributed by atoms with E-state index in [0.29, 0.717) is 34.1 Å². The van der Waals surface area contributed by atoms with E-state index < -0.39 is 12.1 Å². The van der Waals surface area contributed by atoms with E-state index in [4.69, 9.17) is 9.73 Å². The Labute approximate surface area is 209 Å². The molecule has 5 rings (SSSR count). The van der Waals surface area contributed by atoms with E-state index in [1.165, 1.54) is 4.90 Å². The summed E-state index contributed by atoms with van der Waals surface area (Å²) >= 11 is 0. The number of quaternary nitrogens is 1. The van der Waals surface area contributed by atoms with Crippen LogP contribution in [0.15, 0.2) is 71.7 Å². The molecule has 2 aliphatic heterocycles. The zero-order valence-corrected chi connectivity index (χ0v) is 20.4. The van der Waals surface area contributed by atoms with E-state index in [-0.39, 0.29) is 40.8 Å². The number of hydrogen-bond acceptors (Lipinski definition) is 6. The van der Waals surface area contributed by atoms with Crippen molar-refractivity contribution in [1.29, 1.82) is 0 Å². The molecular formula is C28H28N3O5+. The predicted octanol–water partition coefficient (Wildman–Crippen LogP) is 4.54. The Bertz CT molecular complexity index is 1380. The van der Waals surface area contributed by atoms with Crippen molar-refractivity contribution in [1.82, 2.24) is 9.38 Å². The van der Waals surface area contributed by atoms with Crippen LogP contribution in [0.2, 0.25) is 0 Å². The smallest absolute Gasteiger partial charge is 0.265 e. The number of aliphatic hydroxyl groups is 1. The SMILES string of the molecule is CC(C)Oc1cccc2c1C(=O)N(CCC1=Nc3ccccc3C(O)[N+]1(C)c1ccc(O)cc1)C2=O. The molecule has 36 heavy (non-hydrogen) atoms. The van der Waals surface area contributed by atoms with Gasteiger partial charge in [-0.15, -0.1) is 0 Å². The molecule has 0 fully saturated rings. The maximum Gasteiger partial charge on any atom is 0.265 e. The number of para-hydroxylation sites is 1. The van der Waals surface area contributed by atoms with Crippen LogP contribution in [-0.2, 0) is 0 Å². The lowest BCUT2D eigenvalue weighted by Crippen LogP contribution is -2.55. The number of fused-ring (bicyclic) bond motifs is 2. The number of aliphatic hydroxyl groups excluding tert-OH is 1. The number of carbonyl (C=O) groups is 2. The number of rotatable bonds is 6. The minimum atomic E-state index is -0.966. The van der Waals surface area contributed by atoms with E-state index in [9.17, 15) is 19.8 Å². The summed E-state index contributed by atoms with van der Waals surface area (Å²) in [4.78, 5) is 32.6. The van der Waals surface area contributed by atoms with Gasteiger partial charge in [-0.05, 0) is 50.2 Å². The monoisotopic (exact) mass is 486 g/mol. The van der Waals surface area contributed by atoms with Crippen molar-refractivity contribution in [3.63, 3.8) is 0 Å². The third-order valence-corrected chi connectivity index (χ3v) is 6.76. The van der Waals surface area contributed by atoms with Crippen molar-refractivity contribution in [3.8, 4) is 11.5 Å². The van der Waals surface area contributed by atoms with Gasteiger partial charge < -0.3 is 14.9 Å². The van der Waals surface area contributed by atoms with Gasteiger partial charge in [-0.1, -0.05) is 18.2 Å². The first-order valence-corrected chi connectivity index (χ1v) is 11.9. The maximum absolute atomic E-state index is 13.3. The van der Waals surface area contributed by atoms with E-state index in [1.54, 1.807) is 42.5 Å². The number of nitrogens with zero attached hydrogens (tertiary/aromatic N) is 3. The second kappa shape index (κ2) is 8.89. The van der Waals surface area contributed by atoms with Crippen LogP contribution < -0.4 is 9.22 Å². The molecule has 184 valence electrons. The third kappa shape index (κ3) is 3.75. The van der Waals surface area contributed by atoms with Gasteiger partial charge in [0, 0.05) is 18.7 Å². The molecule has 0 bridgehead atoms. The Balaban J connectivity index is 1.49. The molecule has 0 aromatic heterocycles. The molecule has 0 saturated heterocycles. The molecule has 2 aliphatic rings. The standard InChI is InChI=1S/C28H27N3O5/c1-17(2)36-23-10-6-8-21-25(23)27(34)30(26(21)33)16-15-24-29-22-9-5-4-7-20(22)28(35)31(24,3)18-11-13-19(32)14-12-18/h4-14,17,28,35H,15-16H2,1-3H3/p+1. The largest absolute Gasteiger partial charge is 0.508 e. The van der Waals surface area contributed by atoms with E-state index in [2.05, 4.69) is 0 Å². The molecule has 8 nitrogen and oxygen atoms in total. The molecule has 0 saturated carbocycles. The lowest BCUT2D eigenvalue weighted by atomic mass is 10.0. The van der Waals surface area contributed by atoms with Crippen LogP contribution in [0.3, 0.4) is 0 Å². The molecule has 2 amide bonds. The van der Waals surface area contributed by atoms with Crippen molar-refractivity contribution in [3.05, 3.63) is 83.4 Å². The number of aliphatic imine (C=N–C) groups is 1. The zero-order chi connectivity index (χ0) is 25.6. The summed E-state index contributed by atoms with van der Waals surface area (Å²) in [6, 6.07) is 19.0. The zero-order valence-electron chi connectivity index (χ0n) is 20.4. The highest BCUT2D eigenvalue weighted by Crippen LogP contribution is 2.42. The quantitative estimate of drug-likeness (QED) is 0.394. The van der Waals surface area contributed by atoms with E-state index in [1.807, 2.05) is 45.2 Å². The molecule has 3 aromatic carbocycles. The van der Waals surface area contributed by atoms with Gasteiger partial charge in [-0.2, -0.15) is 4.99 Å². The Kier molecular flexibility index (Phi) is 5.86. The summed E-state index contributed by atoms with van der Waals surface area (Å²) in [7, 11) is 1.84.